The molecule has 1 amide bonds. The lowest BCUT2D eigenvalue weighted by Gasteiger charge is -2.29. The smallest absolute Gasteiger partial charge is 0.282 e. The number of methoxy groups -OCH3 is 1. The average molecular weight is 436 g/mol. The number of ether oxygens (including phenoxy) is 1. The molecule has 0 bridgehead atoms. The molecule has 0 aliphatic heterocycles. The van der Waals surface area contributed by atoms with Gasteiger partial charge >= 0.3 is 0 Å². The minimum atomic E-state index is -0.534. The fourth-order valence-electron chi connectivity index (χ4n) is 4.23. The number of nitrogens with one attached hydrogen (secondary N) is 2. The Kier molecular flexibility index (Phi) is 6.39. The summed E-state index contributed by atoms with van der Waals surface area (Å²) in [5.41, 5.74) is 1.17. The molecule has 1 aliphatic carbocycles. The maximum atomic E-state index is 13.1. The molecule has 0 spiro atoms. The van der Waals surface area contributed by atoms with E-state index in [0.29, 0.717) is 17.1 Å². The molecule has 0 saturated heterocycles. The van der Waals surface area contributed by atoms with E-state index in [1.54, 1.807) is 25.3 Å². The summed E-state index contributed by atoms with van der Waals surface area (Å²) < 4.78 is 5.16. The van der Waals surface area contributed by atoms with Gasteiger partial charge < -0.3 is 10.1 Å². The number of benzene rings is 2. The van der Waals surface area contributed by atoms with Crippen LogP contribution in [-0.4, -0.2) is 38.6 Å². The topological polar surface area (TPSA) is 136 Å². The molecule has 10 nitrogen and oxygen atoms in total. The fourth-order valence-corrected chi connectivity index (χ4v) is 4.23. The Morgan fingerprint density at radius 1 is 1.16 bits per heavy atom. The number of aromatic nitrogens is 4. The number of H-pyrrole nitrogens is 1. The van der Waals surface area contributed by atoms with Crippen molar-refractivity contribution in [3.63, 3.8) is 0 Å². The average Bonchev–Trinajstić information content (AvgIpc) is 3.37. The van der Waals surface area contributed by atoms with Crippen LogP contribution in [0, 0.1) is 16.0 Å². The number of carbonyl (C=O) groups is 1. The highest BCUT2D eigenvalue weighted by atomic mass is 16.6. The van der Waals surface area contributed by atoms with Gasteiger partial charge in [-0.3, -0.25) is 14.9 Å². The third kappa shape index (κ3) is 4.58. The molecule has 32 heavy (non-hydrogen) atoms. The van der Waals surface area contributed by atoms with Crippen molar-refractivity contribution in [3.8, 4) is 16.9 Å². The number of amides is 1. The van der Waals surface area contributed by atoms with Gasteiger partial charge in [-0.1, -0.05) is 37.5 Å². The largest absolute Gasteiger partial charge is 0.497 e. The van der Waals surface area contributed by atoms with Gasteiger partial charge in [0, 0.05) is 6.07 Å². The van der Waals surface area contributed by atoms with Crippen molar-refractivity contribution >= 4 is 11.6 Å². The molecule has 2 N–H and O–H groups in total. The predicted octanol–water partition coefficient (Wildman–Crippen LogP) is 3.83. The molecule has 0 radical (unpaired) electrons. The second-order valence-corrected chi connectivity index (χ2v) is 7.85. The number of hydrogen-bond acceptors (Lipinski definition) is 7. The van der Waals surface area contributed by atoms with Crippen molar-refractivity contribution in [2.45, 2.75) is 38.1 Å². The van der Waals surface area contributed by atoms with E-state index in [1.165, 1.54) is 12.1 Å². The van der Waals surface area contributed by atoms with E-state index >= 15 is 0 Å². The summed E-state index contributed by atoms with van der Waals surface area (Å²) in [5.74, 6) is 0.794. The minimum absolute atomic E-state index is 0.000505. The van der Waals surface area contributed by atoms with Gasteiger partial charge in [-0.05, 0) is 58.5 Å². The van der Waals surface area contributed by atoms with Crippen LogP contribution >= 0.6 is 0 Å². The van der Waals surface area contributed by atoms with E-state index in [1.807, 2.05) is 12.1 Å². The Bertz CT molecular complexity index is 1080. The highest BCUT2D eigenvalue weighted by Crippen LogP contribution is 2.34. The van der Waals surface area contributed by atoms with E-state index in [0.717, 1.165) is 37.7 Å². The molecule has 1 saturated carbocycles. The van der Waals surface area contributed by atoms with Crippen molar-refractivity contribution in [1.82, 2.24) is 25.9 Å². The second kappa shape index (κ2) is 9.54. The zero-order valence-corrected chi connectivity index (χ0v) is 17.7. The summed E-state index contributed by atoms with van der Waals surface area (Å²) in [6.07, 6.45) is 5.16. The van der Waals surface area contributed by atoms with E-state index in [4.69, 9.17) is 4.74 Å². The number of aromatic amines is 1. The number of carbonyl (C=O) groups excluding carboxylic acids is 1. The predicted molar refractivity (Wildman–Crippen MR) is 116 cm³/mol. The molecule has 166 valence electrons. The van der Waals surface area contributed by atoms with Crippen molar-refractivity contribution in [2.75, 3.05) is 7.11 Å². The standard InChI is InChI=1S/C22H24N6O4/c1-32-17-10-7-14(8-11-17)16-9-12-18(19(13-16)28(30)31)22(29)23-20(21-24-26-27-25-21)15-5-3-2-4-6-15/h7-13,15,20H,2-6H2,1H3,(H,23,29)(H,24,25,26,27)/t20-/m0/s1. The first-order valence-corrected chi connectivity index (χ1v) is 10.5. The van der Waals surface area contributed by atoms with Crippen LogP contribution in [0.25, 0.3) is 11.1 Å². The number of nitro benzene ring substituents is 1. The maximum Gasteiger partial charge on any atom is 0.282 e. The number of hydrogen-bond donors (Lipinski definition) is 2. The number of nitrogens with zero attached hydrogens (tertiary/aromatic N) is 4. The molecule has 1 aromatic heterocycles. The van der Waals surface area contributed by atoms with Gasteiger partial charge in [0.05, 0.1) is 18.1 Å². The van der Waals surface area contributed by atoms with Crippen LogP contribution in [0.2, 0.25) is 0 Å². The summed E-state index contributed by atoms with van der Waals surface area (Å²) in [7, 11) is 1.57. The lowest BCUT2D eigenvalue weighted by Crippen LogP contribution is -2.35. The summed E-state index contributed by atoms with van der Waals surface area (Å²) in [5, 5.41) is 28.7. The third-order valence-electron chi connectivity index (χ3n) is 5.93. The van der Waals surface area contributed by atoms with E-state index < -0.39 is 16.9 Å². The molecule has 1 heterocycles. The van der Waals surface area contributed by atoms with Gasteiger partial charge in [0.25, 0.3) is 11.6 Å². The van der Waals surface area contributed by atoms with Crippen LogP contribution in [0.3, 0.4) is 0 Å². The van der Waals surface area contributed by atoms with E-state index in [2.05, 4.69) is 25.9 Å². The Morgan fingerprint density at radius 3 is 2.50 bits per heavy atom. The number of rotatable bonds is 7. The molecule has 1 aliphatic rings. The molecule has 4 rings (SSSR count). The molecule has 2 aromatic carbocycles. The second-order valence-electron chi connectivity index (χ2n) is 7.85. The van der Waals surface area contributed by atoms with Crippen LogP contribution in [0.1, 0.15) is 54.3 Å². The monoisotopic (exact) mass is 436 g/mol. The summed E-state index contributed by atoms with van der Waals surface area (Å²) in [4.78, 5) is 24.4. The molecule has 3 aromatic rings. The van der Waals surface area contributed by atoms with Crippen molar-refractivity contribution in [1.29, 1.82) is 0 Å². The normalized spacial score (nSPS) is 15.2. The minimum Gasteiger partial charge on any atom is -0.497 e. The van der Waals surface area contributed by atoms with E-state index in [9.17, 15) is 14.9 Å². The Balaban J connectivity index is 1.62. The fraction of sp³-hybridized carbons (Fsp3) is 0.364. The van der Waals surface area contributed by atoms with Crippen LogP contribution in [-0.2, 0) is 0 Å². The van der Waals surface area contributed by atoms with Crippen molar-refractivity contribution in [3.05, 3.63) is 64.0 Å². The summed E-state index contributed by atoms with van der Waals surface area (Å²) >= 11 is 0. The molecular weight excluding hydrogens is 412 g/mol. The molecule has 1 atom stereocenters. The Morgan fingerprint density at radius 2 is 1.88 bits per heavy atom. The molecule has 10 heteroatoms. The van der Waals surface area contributed by atoms with Gasteiger partial charge in [-0.2, -0.15) is 0 Å². The highest BCUT2D eigenvalue weighted by Gasteiger charge is 2.31. The third-order valence-corrected chi connectivity index (χ3v) is 5.93. The first-order chi connectivity index (χ1) is 15.6. The van der Waals surface area contributed by atoms with Gasteiger partial charge in [-0.15, -0.1) is 5.10 Å². The lowest BCUT2D eigenvalue weighted by molar-refractivity contribution is -0.385. The van der Waals surface area contributed by atoms with Gasteiger partial charge in [0.2, 0.25) is 0 Å². The summed E-state index contributed by atoms with van der Waals surface area (Å²) in [6, 6.07) is 11.4. The van der Waals surface area contributed by atoms with E-state index in [-0.39, 0.29) is 17.2 Å². The first-order valence-electron chi connectivity index (χ1n) is 10.5. The summed E-state index contributed by atoms with van der Waals surface area (Å²) in [6.45, 7) is 0. The highest BCUT2D eigenvalue weighted by molar-refractivity contribution is 5.99. The SMILES string of the molecule is COc1ccc(-c2ccc(C(=O)N[C@H](c3nnn[nH]3)C3CCCCC3)c([N+](=O)[O-])c2)cc1. The Labute approximate surface area is 184 Å². The van der Waals surface area contributed by atoms with Crippen LogP contribution in [0.15, 0.2) is 42.5 Å². The number of tetrazole rings is 1. The lowest BCUT2D eigenvalue weighted by atomic mass is 9.83. The van der Waals surface area contributed by atoms with Crippen LogP contribution in [0.4, 0.5) is 5.69 Å². The zero-order valence-electron chi connectivity index (χ0n) is 17.7. The number of nitro groups is 1. The van der Waals surface area contributed by atoms with Gasteiger partial charge in [-0.25, -0.2) is 5.10 Å². The maximum absolute atomic E-state index is 13.1. The Hall–Kier alpha value is -3.82. The van der Waals surface area contributed by atoms with Crippen molar-refractivity contribution in [2.24, 2.45) is 5.92 Å². The molecule has 1 fully saturated rings. The van der Waals surface area contributed by atoms with Crippen LogP contribution in [0.5, 0.6) is 5.75 Å². The first kappa shape index (κ1) is 21.4. The van der Waals surface area contributed by atoms with Gasteiger partial charge in [0.15, 0.2) is 5.82 Å². The molecule has 0 unspecified atom stereocenters. The molecular formula is C22H24N6O4. The zero-order chi connectivity index (χ0) is 22.5. The van der Waals surface area contributed by atoms with Crippen LogP contribution < -0.4 is 10.1 Å². The van der Waals surface area contributed by atoms with Crippen molar-refractivity contribution < 1.29 is 14.5 Å². The quantitative estimate of drug-likeness (QED) is 0.424. The van der Waals surface area contributed by atoms with Gasteiger partial charge in [0.1, 0.15) is 11.3 Å².